The quantitative estimate of drug-likeness (QED) is 0.179. The molecule has 0 bridgehead atoms. The molecule has 1 aliphatic rings. The molecule has 2 aromatic heterocycles. The van der Waals surface area contributed by atoms with Gasteiger partial charge in [-0.05, 0) is 44.0 Å². The maximum Gasteiger partial charge on any atom is 0.160 e. The first-order valence-corrected chi connectivity index (χ1v) is 17.8. The average molecular weight is 643 g/mol. The second-order valence-electron chi connectivity index (χ2n) is 9.90. The molecule has 0 atom stereocenters. The zero-order valence-electron chi connectivity index (χ0n) is 21.5. The summed E-state index contributed by atoms with van der Waals surface area (Å²) in [5.41, 5.74) is 10.5. The second kappa shape index (κ2) is 9.51. The average Bonchev–Trinajstić information content (AvgIpc) is 3.40. The minimum atomic E-state index is -1.69. The van der Waals surface area contributed by atoms with Gasteiger partial charge in [-0.25, -0.2) is 9.97 Å². The molecule has 4 heteroatoms. The molecular weight excluding hydrogens is 619 g/mol. The molecule has 0 spiro atoms. The van der Waals surface area contributed by atoms with Gasteiger partial charge in [0.1, 0.15) is 0 Å². The van der Waals surface area contributed by atoms with Crippen molar-refractivity contribution < 1.29 is 0 Å². The molecule has 7 aromatic rings. The van der Waals surface area contributed by atoms with Crippen LogP contribution in [0.5, 0.6) is 0 Å². The first-order valence-electron chi connectivity index (χ1n) is 13.1. The molecule has 0 N–H and O–H groups in total. The Kier molecular flexibility index (Phi) is 5.64. The van der Waals surface area contributed by atoms with Crippen LogP contribution in [0.15, 0.2) is 121 Å². The zero-order valence-corrected chi connectivity index (χ0v) is 24.5. The van der Waals surface area contributed by atoms with Crippen molar-refractivity contribution in [3.05, 3.63) is 130 Å². The smallest absolute Gasteiger partial charge is 0.160 e. The highest BCUT2D eigenvalue weighted by atomic mass is 127. The van der Waals surface area contributed by atoms with Gasteiger partial charge in [0.05, 0.1) is 15.9 Å². The van der Waals surface area contributed by atoms with Crippen molar-refractivity contribution >= 4 is 59.0 Å². The van der Waals surface area contributed by atoms with Gasteiger partial charge in [0.2, 0.25) is 0 Å². The van der Waals surface area contributed by atoms with E-state index in [0.29, 0.717) is 0 Å². The number of aromatic nitrogens is 2. The molecule has 0 aliphatic carbocycles. The second-order valence-corrected chi connectivity index (χ2v) is 15.0. The van der Waals surface area contributed by atoms with Crippen LogP contribution in [-0.4, -0.2) is 18.5 Å². The van der Waals surface area contributed by atoms with E-state index in [9.17, 15) is 0 Å². The molecule has 40 heavy (non-hydrogen) atoms. The van der Waals surface area contributed by atoms with Crippen molar-refractivity contribution in [3.8, 4) is 44.9 Å². The van der Waals surface area contributed by atoms with Crippen molar-refractivity contribution in [2.75, 3.05) is 0 Å². The van der Waals surface area contributed by atoms with E-state index in [4.69, 9.17) is 9.97 Å². The highest BCUT2D eigenvalue weighted by Crippen LogP contribution is 2.42. The number of benzene rings is 5. The number of thiophene rings is 1. The van der Waals surface area contributed by atoms with Crippen molar-refractivity contribution in [1.29, 1.82) is 0 Å². The summed E-state index contributed by atoms with van der Waals surface area (Å²) in [6.45, 7) is 0. The highest BCUT2D eigenvalue weighted by molar-refractivity contribution is 14.2. The molecular formula is C36H23IN2S. The standard InChI is InChI=1S/C36H23IN2S/c1-37-22-27-11-5-6-12-28(27)29-20-19-26(21-31(29)37)36-38-33(35-34(39-36)30-13-7-8-14-32(30)40-35)25-17-15-24(16-18-25)23-9-3-2-4-10-23/h2-22H,1H2. The predicted octanol–water partition coefficient (Wildman–Crippen LogP) is 9.78. The molecule has 3 heterocycles. The van der Waals surface area contributed by atoms with E-state index in [-0.39, 0.29) is 0 Å². The SMILES string of the molecule is C=I1=Cc2ccccc2-c2ccc(-c3nc(-c4ccc(-c5ccccc5)cc4)c4sc5ccccc5c4n3)cc21. The van der Waals surface area contributed by atoms with Gasteiger partial charge < -0.3 is 0 Å². The number of hydrogen-bond acceptors (Lipinski definition) is 3. The van der Waals surface area contributed by atoms with Crippen LogP contribution in [0.2, 0.25) is 0 Å². The van der Waals surface area contributed by atoms with Crippen LogP contribution in [0.3, 0.4) is 0 Å². The molecule has 1 aliphatic heterocycles. The van der Waals surface area contributed by atoms with Crippen LogP contribution in [-0.2, 0) is 0 Å². The van der Waals surface area contributed by atoms with E-state index < -0.39 is 18.9 Å². The number of hydrogen-bond donors (Lipinski definition) is 0. The number of halogens is 1. The molecule has 0 unspecified atom stereocenters. The number of rotatable bonds is 3. The number of fused-ring (bicyclic) bond motifs is 6. The Morgan fingerprint density at radius 1 is 0.600 bits per heavy atom. The van der Waals surface area contributed by atoms with Gasteiger partial charge in [-0.15, -0.1) is 30.2 Å². The van der Waals surface area contributed by atoms with Crippen molar-refractivity contribution in [2.24, 2.45) is 0 Å². The summed E-state index contributed by atoms with van der Waals surface area (Å²) in [6.07, 6.45) is 0. The van der Waals surface area contributed by atoms with Crippen LogP contribution in [0, 0.1) is 3.57 Å². The predicted molar refractivity (Wildman–Crippen MR) is 182 cm³/mol. The Morgan fingerprint density at radius 2 is 1.30 bits per heavy atom. The lowest BCUT2D eigenvalue weighted by Gasteiger charge is -2.17. The molecule has 0 radical (unpaired) electrons. The van der Waals surface area contributed by atoms with Crippen LogP contribution in [0.1, 0.15) is 5.56 Å². The zero-order chi connectivity index (χ0) is 26.6. The van der Waals surface area contributed by atoms with Gasteiger partial charge in [0, 0.05) is 24.8 Å². The normalized spacial score (nSPS) is 12.7. The Bertz CT molecular complexity index is 2170. The molecule has 2 nitrogen and oxygen atoms in total. The molecule has 5 aromatic carbocycles. The van der Waals surface area contributed by atoms with E-state index in [1.54, 1.807) is 11.3 Å². The molecule has 0 amide bonds. The minimum Gasteiger partial charge on any atom is -0.226 e. The number of nitrogens with zero attached hydrogens (tertiary/aromatic N) is 2. The topological polar surface area (TPSA) is 25.8 Å². The maximum atomic E-state index is 5.24. The third-order valence-electron chi connectivity index (χ3n) is 7.47. The summed E-state index contributed by atoms with van der Waals surface area (Å²) < 4.78 is 10.7. The Balaban J connectivity index is 1.32. The highest BCUT2D eigenvalue weighted by Gasteiger charge is 2.19. The van der Waals surface area contributed by atoms with Crippen LogP contribution >= 0.6 is 30.2 Å². The van der Waals surface area contributed by atoms with E-state index in [1.165, 1.54) is 41.5 Å². The van der Waals surface area contributed by atoms with Gasteiger partial charge in [-0.3, -0.25) is 0 Å². The summed E-state index contributed by atoms with van der Waals surface area (Å²) in [6, 6.07) is 43.2. The summed E-state index contributed by atoms with van der Waals surface area (Å²) in [4.78, 5) is 10.4. The lowest BCUT2D eigenvalue weighted by Crippen LogP contribution is -1.98. The van der Waals surface area contributed by atoms with Gasteiger partial charge in [-0.1, -0.05) is 114 Å². The lowest BCUT2D eigenvalue weighted by atomic mass is 9.99. The lowest BCUT2D eigenvalue weighted by molar-refractivity contribution is 1.24. The molecule has 190 valence electrons. The fourth-order valence-electron chi connectivity index (χ4n) is 5.48. The molecule has 8 rings (SSSR count). The summed E-state index contributed by atoms with van der Waals surface area (Å²) in [7, 11) is 0. The summed E-state index contributed by atoms with van der Waals surface area (Å²) in [5, 5.41) is 1.18. The van der Waals surface area contributed by atoms with Crippen LogP contribution < -0.4 is 0 Å². The minimum absolute atomic E-state index is 0.768. The van der Waals surface area contributed by atoms with Gasteiger partial charge in [0.15, 0.2) is 5.82 Å². The van der Waals surface area contributed by atoms with E-state index in [2.05, 4.69) is 130 Å². The van der Waals surface area contributed by atoms with Crippen molar-refractivity contribution in [1.82, 2.24) is 9.97 Å². The van der Waals surface area contributed by atoms with Crippen molar-refractivity contribution in [3.63, 3.8) is 0 Å². The van der Waals surface area contributed by atoms with Crippen LogP contribution in [0.25, 0.3) is 65.2 Å². The summed E-state index contributed by atoms with van der Waals surface area (Å²) in [5.74, 6) is 0.768. The van der Waals surface area contributed by atoms with E-state index >= 15 is 0 Å². The van der Waals surface area contributed by atoms with Gasteiger partial charge >= 0.3 is 0 Å². The first kappa shape index (κ1) is 23.7. The maximum absolute atomic E-state index is 5.24. The van der Waals surface area contributed by atoms with Gasteiger partial charge in [-0.2, -0.15) is 0 Å². The Morgan fingerprint density at radius 3 is 2.17 bits per heavy atom. The molecule has 0 saturated heterocycles. The summed E-state index contributed by atoms with van der Waals surface area (Å²) >= 11 is 0.0761. The molecule has 0 saturated carbocycles. The molecule has 0 fully saturated rings. The third kappa shape index (κ3) is 3.90. The van der Waals surface area contributed by atoms with E-state index in [1.807, 2.05) is 0 Å². The van der Waals surface area contributed by atoms with Crippen molar-refractivity contribution in [2.45, 2.75) is 0 Å². The van der Waals surface area contributed by atoms with Crippen LogP contribution in [0.4, 0.5) is 0 Å². The van der Waals surface area contributed by atoms with E-state index in [0.717, 1.165) is 32.9 Å². The Labute approximate surface area is 243 Å². The Hall–Kier alpha value is -4.13. The van der Waals surface area contributed by atoms with Gasteiger partial charge in [0.25, 0.3) is 0 Å². The fourth-order valence-corrected chi connectivity index (χ4v) is 10.3. The first-order chi connectivity index (χ1) is 19.7. The third-order valence-corrected chi connectivity index (χ3v) is 12.4. The fraction of sp³-hybridized carbons (Fsp3) is 0. The monoisotopic (exact) mass is 642 g/mol. The largest absolute Gasteiger partial charge is 0.226 e.